The number of carbonyl (C=O) groups excluding carboxylic acids is 1. The first kappa shape index (κ1) is 16.3. The monoisotopic (exact) mass is 338 g/mol. The molecule has 0 saturated heterocycles. The third-order valence-corrected chi connectivity index (χ3v) is 3.83. The molecule has 0 fully saturated rings. The van der Waals surface area contributed by atoms with Crippen LogP contribution in [0.15, 0.2) is 53.5 Å². The Morgan fingerprint density at radius 2 is 2.00 bits per heavy atom. The molecule has 0 aliphatic heterocycles. The number of hydrogen-bond acceptors (Lipinski definition) is 5. The van der Waals surface area contributed by atoms with E-state index < -0.39 is 10.8 Å². The predicted octanol–water partition coefficient (Wildman–Crippen LogP) is 2.25. The Hall–Kier alpha value is -3.55. The summed E-state index contributed by atoms with van der Waals surface area (Å²) in [6.45, 7) is 1.26. The van der Waals surface area contributed by atoms with E-state index in [4.69, 9.17) is 0 Å². The van der Waals surface area contributed by atoms with Crippen LogP contribution in [0.25, 0.3) is 10.8 Å². The third-order valence-electron chi connectivity index (χ3n) is 3.83. The number of aromatic nitrogens is 2. The molecule has 1 heterocycles. The largest absolute Gasteiger partial charge is 0.324 e. The van der Waals surface area contributed by atoms with Crippen LogP contribution in [-0.2, 0) is 11.3 Å². The van der Waals surface area contributed by atoms with E-state index in [-0.39, 0.29) is 17.8 Å². The molecule has 8 heteroatoms. The minimum Gasteiger partial charge on any atom is -0.324 e. The van der Waals surface area contributed by atoms with Crippen LogP contribution < -0.4 is 10.9 Å². The summed E-state index contributed by atoms with van der Waals surface area (Å²) in [5, 5.41) is 18.7. The molecule has 2 aromatic carbocycles. The molecule has 8 nitrogen and oxygen atoms in total. The molecular weight excluding hydrogens is 324 g/mol. The zero-order valence-corrected chi connectivity index (χ0v) is 13.3. The Kier molecular flexibility index (Phi) is 4.25. The molecular formula is C17H14N4O4. The number of benzene rings is 2. The SMILES string of the molecule is Cc1c(NC(=O)Cn2ncc3ccccc3c2=O)cccc1[N+](=O)[O-]. The maximum Gasteiger partial charge on any atom is 0.275 e. The van der Waals surface area contributed by atoms with Gasteiger partial charge in [-0.1, -0.05) is 24.3 Å². The highest BCUT2D eigenvalue weighted by Gasteiger charge is 2.15. The summed E-state index contributed by atoms with van der Waals surface area (Å²) >= 11 is 0. The summed E-state index contributed by atoms with van der Waals surface area (Å²) in [6, 6.07) is 11.4. The zero-order chi connectivity index (χ0) is 18.0. The molecule has 3 rings (SSSR count). The van der Waals surface area contributed by atoms with Crippen LogP contribution in [-0.4, -0.2) is 20.6 Å². The molecule has 0 radical (unpaired) electrons. The Bertz CT molecular complexity index is 1040. The number of carbonyl (C=O) groups is 1. The topological polar surface area (TPSA) is 107 Å². The standard InChI is InChI=1S/C17H14N4O4/c1-11-14(7-4-8-15(11)21(24)25)19-16(22)10-20-17(23)13-6-3-2-5-12(13)9-18-20/h2-9H,10H2,1H3,(H,19,22). The fraction of sp³-hybridized carbons (Fsp3) is 0.118. The number of fused-ring (bicyclic) bond motifs is 1. The second-order valence-electron chi connectivity index (χ2n) is 5.45. The number of rotatable bonds is 4. The summed E-state index contributed by atoms with van der Waals surface area (Å²) in [4.78, 5) is 35.0. The summed E-state index contributed by atoms with van der Waals surface area (Å²) in [5.41, 5.74) is 0.218. The zero-order valence-electron chi connectivity index (χ0n) is 13.3. The molecule has 126 valence electrons. The number of amides is 1. The van der Waals surface area contributed by atoms with Gasteiger partial charge in [-0.05, 0) is 19.1 Å². The number of nitro groups is 1. The van der Waals surface area contributed by atoms with Crippen molar-refractivity contribution in [2.75, 3.05) is 5.32 Å². The van der Waals surface area contributed by atoms with Crippen molar-refractivity contribution in [1.29, 1.82) is 0 Å². The van der Waals surface area contributed by atoms with Crippen molar-refractivity contribution in [3.63, 3.8) is 0 Å². The van der Waals surface area contributed by atoms with E-state index in [1.54, 1.807) is 37.3 Å². The molecule has 0 aliphatic rings. The first-order chi connectivity index (χ1) is 12.0. The van der Waals surface area contributed by atoms with Gasteiger partial charge in [0.2, 0.25) is 5.91 Å². The van der Waals surface area contributed by atoms with Gasteiger partial charge in [-0.25, -0.2) is 4.68 Å². The van der Waals surface area contributed by atoms with E-state index in [0.29, 0.717) is 22.0 Å². The van der Waals surface area contributed by atoms with Gasteiger partial charge in [0, 0.05) is 11.5 Å². The highest BCUT2D eigenvalue weighted by atomic mass is 16.6. The fourth-order valence-electron chi connectivity index (χ4n) is 2.52. The second kappa shape index (κ2) is 6.52. The number of anilines is 1. The molecule has 25 heavy (non-hydrogen) atoms. The van der Waals surface area contributed by atoms with Crippen molar-refractivity contribution in [1.82, 2.24) is 9.78 Å². The third kappa shape index (κ3) is 3.23. The van der Waals surface area contributed by atoms with E-state index in [1.165, 1.54) is 18.3 Å². The first-order valence-electron chi connectivity index (χ1n) is 7.46. The number of nitrogens with one attached hydrogen (secondary N) is 1. The van der Waals surface area contributed by atoms with E-state index in [2.05, 4.69) is 10.4 Å². The van der Waals surface area contributed by atoms with Gasteiger partial charge in [-0.3, -0.25) is 19.7 Å². The van der Waals surface area contributed by atoms with Gasteiger partial charge in [0.1, 0.15) is 6.54 Å². The van der Waals surface area contributed by atoms with Crippen LogP contribution in [0, 0.1) is 17.0 Å². The second-order valence-corrected chi connectivity index (χ2v) is 5.45. The van der Waals surface area contributed by atoms with Crippen LogP contribution in [0.5, 0.6) is 0 Å². The average Bonchev–Trinajstić information content (AvgIpc) is 2.59. The van der Waals surface area contributed by atoms with Crippen LogP contribution in [0.1, 0.15) is 5.56 Å². The number of nitrogens with zero attached hydrogens (tertiary/aromatic N) is 3. The Morgan fingerprint density at radius 1 is 1.24 bits per heavy atom. The molecule has 1 amide bonds. The maximum atomic E-state index is 12.4. The van der Waals surface area contributed by atoms with Gasteiger partial charge in [0.25, 0.3) is 11.2 Å². The van der Waals surface area contributed by atoms with E-state index >= 15 is 0 Å². The molecule has 0 bridgehead atoms. The lowest BCUT2D eigenvalue weighted by Gasteiger charge is -2.09. The summed E-state index contributed by atoms with van der Waals surface area (Å²) < 4.78 is 1.06. The van der Waals surface area contributed by atoms with Gasteiger partial charge in [-0.15, -0.1) is 0 Å². The molecule has 1 aromatic heterocycles. The van der Waals surface area contributed by atoms with Crippen molar-refractivity contribution >= 4 is 28.1 Å². The van der Waals surface area contributed by atoms with Gasteiger partial charge >= 0.3 is 0 Å². The first-order valence-corrected chi connectivity index (χ1v) is 7.46. The van der Waals surface area contributed by atoms with E-state index in [9.17, 15) is 19.7 Å². The van der Waals surface area contributed by atoms with E-state index in [0.717, 1.165) is 4.68 Å². The van der Waals surface area contributed by atoms with Crippen molar-refractivity contribution in [3.8, 4) is 0 Å². The Morgan fingerprint density at radius 3 is 2.76 bits per heavy atom. The summed E-state index contributed by atoms with van der Waals surface area (Å²) in [5.74, 6) is -0.492. The molecule has 0 saturated carbocycles. The molecule has 0 unspecified atom stereocenters. The molecule has 0 aliphatic carbocycles. The number of hydrogen-bond donors (Lipinski definition) is 1. The van der Waals surface area contributed by atoms with Gasteiger partial charge in [0.05, 0.1) is 27.8 Å². The van der Waals surface area contributed by atoms with E-state index in [1.807, 2.05) is 0 Å². The van der Waals surface area contributed by atoms with Crippen LogP contribution in [0.3, 0.4) is 0 Å². The Labute approximate surface area is 141 Å². The minimum atomic E-state index is -0.514. The van der Waals surface area contributed by atoms with Crippen LogP contribution in [0.2, 0.25) is 0 Å². The van der Waals surface area contributed by atoms with Crippen molar-refractivity contribution in [2.24, 2.45) is 0 Å². The lowest BCUT2D eigenvalue weighted by molar-refractivity contribution is -0.385. The lowest BCUT2D eigenvalue weighted by atomic mass is 10.1. The van der Waals surface area contributed by atoms with Crippen molar-refractivity contribution in [2.45, 2.75) is 13.5 Å². The van der Waals surface area contributed by atoms with Crippen molar-refractivity contribution in [3.05, 3.63) is 74.7 Å². The van der Waals surface area contributed by atoms with Crippen LogP contribution >= 0.6 is 0 Å². The smallest absolute Gasteiger partial charge is 0.275 e. The lowest BCUT2D eigenvalue weighted by Crippen LogP contribution is -2.29. The highest BCUT2D eigenvalue weighted by molar-refractivity contribution is 5.92. The Balaban J connectivity index is 1.84. The molecule has 0 atom stereocenters. The van der Waals surface area contributed by atoms with Gasteiger partial charge in [-0.2, -0.15) is 5.10 Å². The van der Waals surface area contributed by atoms with Gasteiger partial charge in [0.15, 0.2) is 0 Å². The van der Waals surface area contributed by atoms with Crippen LogP contribution in [0.4, 0.5) is 11.4 Å². The summed E-state index contributed by atoms with van der Waals surface area (Å²) in [6.07, 6.45) is 1.52. The maximum absolute atomic E-state index is 12.4. The normalized spacial score (nSPS) is 10.6. The average molecular weight is 338 g/mol. The van der Waals surface area contributed by atoms with Gasteiger partial charge < -0.3 is 5.32 Å². The fourth-order valence-corrected chi connectivity index (χ4v) is 2.52. The molecule has 3 aromatic rings. The number of nitro benzene ring substituents is 1. The quantitative estimate of drug-likeness (QED) is 0.580. The highest BCUT2D eigenvalue weighted by Crippen LogP contribution is 2.24. The van der Waals surface area contributed by atoms with Crippen molar-refractivity contribution < 1.29 is 9.72 Å². The minimum absolute atomic E-state index is 0.0844. The predicted molar refractivity (Wildman–Crippen MR) is 92.5 cm³/mol. The molecule has 1 N–H and O–H groups in total. The molecule has 0 spiro atoms. The summed E-state index contributed by atoms with van der Waals surface area (Å²) in [7, 11) is 0.